The fourth-order valence-corrected chi connectivity index (χ4v) is 4.91. The van der Waals surface area contributed by atoms with E-state index in [2.05, 4.69) is 19.9 Å². The van der Waals surface area contributed by atoms with Crippen molar-refractivity contribution in [3.63, 3.8) is 0 Å². The zero-order valence-electron chi connectivity index (χ0n) is 23.9. The SMILES string of the molecule is O=c1[nH]c2c([nH]c(=O)n2C[C@H](O)[C@H](O)[C@H](O)CO)c(=O)n1CCCCn1c(=O)[nH]c2c([nH]c(=O)n2C[C@H](O)[C@H](O)[C@H](O)CO)c1=O. The zero-order valence-corrected chi connectivity index (χ0v) is 23.9. The summed E-state index contributed by atoms with van der Waals surface area (Å²) < 4.78 is 3.05. The van der Waals surface area contributed by atoms with E-state index in [9.17, 15) is 59.4 Å². The van der Waals surface area contributed by atoms with E-state index in [1.807, 2.05) is 0 Å². The van der Waals surface area contributed by atoms with Crippen molar-refractivity contribution in [2.75, 3.05) is 13.2 Å². The highest BCUT2D eigenvalue weighted by atomic mass is 16.4. The number of unbranched alkanes of at least 4 members (excludes halogenated alkanes) is 1. The lowest BCUT2D eigenvalue weighted by atomic mass is 10.1. The van der Waals surface area contributed by atoms with E-state index < -0.39 is 96.8 Å². The lowest BCUT2D eigenvalue weighted by molar-refractivity contribution is -0.0805. The second kappa shape index (κ2) is 13.9. The number of aromatic nitrogens is 8. The Hall–Kier alpha value is -4.42. The summed E-state index contributed by atoms with van der Waals surface area (Å²) in [5.74, 6) is 0. The van der Waals surface area contributed by atoms with E-state index in [0.717, 1.165) is 18.3 Å². The summed E-state index contributed by atoms with van der Waals surface area (Å²) in [6.45, 7) is -3.47. The van der Waals surface area contributed by atoms with Gasteiger partial charge in [0.15, 0.2) is 11.0 Å². The molecule has 4 heterocycles. The molecule has 22 nitrogen and oxygen atoms in total. The Balaban J connectivity index is 1.50. The Labute approximate surface area is 253 Å². The van der Waals surface area contributed by atoms with E-state index in [1.165, 1.54) is 0 Å². The van der Waals surface area contributed by atoms with Gasteiger partial charge in [-0.15, -0.1) is 0 Å². The van der Waals surface area contributed by atoms with Gasteiger partial charge < -0.3 is 40.9 Å². The molecule has 0 radical (unpaired) electrons. The van der Waals surface area contributed by atoms with Crippen LogP contribution in [0.4, 0.5) is 0 Å². The van der Waals surface area contributed by atoms with Crippen LogP contribution in [-0.4, -0.2) is 129 Å². The number of fused-ring (bicyclic) bond motifs is 2. The van der Waals surface area contributed by atoms with Crippen LogP contribution >= 0.6 is 0 Å². The molecule has 0 aliphatic carbocycles. The molecule has 0 saturated carbocycles. The quantitative estimate of drug-likeness (QED) is 0.0528. The highest BCUT2D eigenvalue weighted by Gasteiger charge is 2.28. The molecular weight excluding hydrogens is 624 g/mol. The van der Waals surface area contributed by atoms with Gasteiger partial charge in [0.2, 0.25) is 0 Å². The van der Waals surface area contributed by atoms with E-state index in [0.29, 0.717) is 0 Å². The summed E-state index contributed by atoms with van der Waals surface area (Å²) in [4.78, 5) is 85.4. The number of nitrogens with zero attached hydrogens (tertiary/aromatic N) is 4. The molecule has 0 fully saturated rings. The molecule has 0 spiro atoms. The fraction of sp³-hybridized carbons (Fsp3) is 0.583. The topological polar surface area (TPSA) is 347 Å². The van der Waals surface area contributed by atoms with Gasteiger partial charge in [-0.1, -0.05) is 0 Å². The van der Waals surface area contributed by atoms with E-state index in [1.54, 1.807) is 0 Å². The molecule has 0 aliphatic heterocycles. The molecule has 4 rings (SSSR count). The lowest BCUT2D eigenvalue weighted by Crippen LogP contribution is -2.43. The van der Waals surface area contributed by atoms with Crippen LogP contribution in [0.1, 0.15) is 12.8 Å². The molecule has 0 saturated heterocycles. The van der Waals surface area contributed by atoms with Crippen LogP contribution in [0.15, 0.2) is 28.8 Å². The highest BCUT2D eigenvalue weighted by molar-refractivity contribution is 5.69. The van der Waals surface area contributed by atoms with Crippen molar-refractivity contribution in [2.24, 2.45) is 0 Å². The highest BCUT2D eigenvalue weighted by Crippen LogP contribution is 2.08. The van der Waals surface area contributed by atoms with Gasteiger partial charge in [-0.25, -0.2) is 19.2 Å². The number of rotatable bonds is 15. The summed E-state index contributed by atoms with van der Waals surface area (Å²) in [5, 5.41) is 76.9. The van der Waals surface area contributed by atoms with E-state index >= 15 is 0 Å². The van der Waals surface area contributed by atoms with Crippen molar-refractivity contribution in [1.82, 2.24) is 38.2 Å². The van der Waals surface area contributed by atoms with Crippen molar-refractivity contribution in [3.05, 3.63) is 62.6 Å². The number of hydrogen-bond acceptors (Lipinski definition) is 14. The molecule has 4 aromatic heterocycles. The van der Waals surface area contributed by atoms with Crippen LogP contribution in [0.2, 0.25) is 0 Å². The van der Waals surface area contributed by atoms with Gasteiger partial charge in [-0.3, -0.25) is 47.8 Å². The number of H-pyrrole nitrogens is 4. The number of imidazole rings is 2. The Morgan fingerprint density at radius 1 is 0.478 bits per heavy atom. The van der Waals surface area contributed by atoms with E-state index in [4.69, 9.17) is 10.2 Å². The van der Waals surface area contributed by atoms with Crippen molar-refractivity contribution in [3.8, 4) is 0 Å². The maximum Gasteiger partial charge on any atom is 0.330 e. The maximum atomic E-state index is 13.0. The van der Waals surface area contributed by atoms with Crippen molar-refractivity contribution in [1.29, 1.82) is 0 Å². The summed E-state index contributed by atoms with van der Waals surface area (Å²) in [7, 11) is 0. The first kappa shape index (κ1) is 34.5. The van der Waals surface area contributed by atoms with Gasteiger partial charge in [0.05, 0.1) is 26.3 Å². The average molecular weight is 659 g/mol. The smallest absolute Gasteiger partial charge is 0.330 e. The molecule has 0 aliphatic rings. The number of aliphatic hydroxyl groups is 8. The number of hydrogen-bond donors (Lipinski definition) is 12. The summed E-state index contributed by atoms with van der Waals surface area (Å²) in [6, 6.07) is 0. The van der Waals surface area contributed by atoms with Gasteiger partial charge in [-0.2, -0.15) is 0 Å². The van der Waals surface area contributed by atoms with Gasteiger partial charge in [0.25, 0.3) is 11.1 Å². The molecule has 12 N–H and O–H groups in total. The molecule has 22 heteroatoms. The van der Waals surface area contributed by atoms with Crippen LogP contribution in [0, 0.1) is 0 Å². The van der Waals surface area contributed by atoms with Gasteiger partial charge in [-0.05, 0) is 12.8 Å². The van der Waals surface area contributed by atoms with Crippen molar-refractivity contribution in [2.45, 2.75) is 75.6 Å². The Kier molecular flexibility index (Phi) is 10.4. The molecule has 6 atom stereocenters. The van der Waals surface area contributed by atoms with Gasteiger partial charge in [0.1, 0.15) is 47.9 Å². The monoisotopic (exact) mass is 658 g/mol. The molecule has 46 heavy (non-hydrogen) atoms. The minimum atomic E-state index is -1.84. The normalized spacial score (nSPS) is 16.1. The van der Waals surface area contributed by atoms with Crippen LogP contribution in [-0.2, 0) is 26.2 Å². The van der Waals surface area contributed by atoms with Crippen LogP contribution in [0.3, 0.4) is 0 Å². The van der Waals surface area contributed by atoms with Crippen LogP contribution < -0.4 is 33.9 Å². The predicted molar refractivity (Wildman–Crippen MR) is 154 cm³/mol. The third kappa shape index (κ3) is 6.59. The largest absolute Gasteiger partial charge is 0.394 e. The van der Waals surface area contributed by atoms with E-state index in [-0.39, 0.29) is 48.3 Å². The first-order valence-electron chi connectivity index (χ1n) is 13.9. The molecule has 0 aromatic carbocycles. The average Bonchev–Trinajstić information content (AvgIpc) is 3.51. The molecule has 0 amide bonds. The Morgan fingerprint density at radius 3 is 1.13 bits per heavy atom. The Morgan fingerprint density at radius 2 is 0.804 bits per heavy atom. The number of aliphatic hydroxyl groups excluding tert-OH is 8. The molecule has 0 unspecified atom stereocenters. The van der Waals surface area contributed by atoms with Crippen molar-refractivity contribution >= 4 is 22.3 Å². The first-order chi connectivity index (χ1) is 21.7. The minimum Gasteiger partial charge on any atom is -0.394 e. The third-order valence-electron chi connectivity index (χ3n) is 7.53. The minimum absolute atomic E-state index is 0.0715. The second-order valence-electron chi connectivity index (χ2n) is 10.6. The molecule has 4 aromatic rings. The van der Waals surface area contributed by atoms with Crippen molar-refractivity contribution < 1.29 is 40.9 Å². The number of nitrogens with one attached hydrogen (secondary N) is 4. The Bertz CT molecular complexity index is 1900. The van der Waals surface area contributed by atoms with Crippen LogP contribution in [0.25, 0.3) is 22.3 Å². The summed E-state index contributed by atoms with van der Waals surface area (Å²) in [6.07, 6.45) is -10.5. The van der Waals surface area contributed by atoms with Gasteiger partial charge >= 0.3 is 22.8 Å². The van der Waals surface area contributed by atoms with Gasteiger partial charge in [0, 0.05) is 13.1 Å². The molecule has 254 valence electrons. The summed E-state index contributed by atoms with van der Waals surface area (Å²) >= 11 is 0. The fourth-order valence-electron chi connectivity index (χ4n) is 4.91. The second-order valence-corrected chi connectivity index (χ2v) is 10.6. The zero-order chi connectivity index (χ0) is 34.0. The first-order valence-corrected chi connectivity index (χ1v) is 13.9. The third-order valence-corrected chi connectivity index (χ3v) is 7.53. The standard InChI is InChI=1S/C24H34N8O14/c33-7-11(37)15(39)9(35)5-31-17-13(25-21(31)43)19(41)29(23(45)27-17)3-1-2-4-30-20(42)14-18(28-24(30)46)32(22(44)26-14)6-10(36)16(40)12(38)8-34/h9-12,15-16,33-40H,1-8H2,(H,25,43)(H,26,44)(H,27,45)(H,28,46)/t9-,10-,11+,12+,15-,16-/m0/s1. The predicted octanol–water partition coefficient (Wildman–Crippen LogP) is -7.70. The molecular formula is C24H34N8O14. The van der Waals surface area contributed by atoms with Crippen LogP contribution in [0.5, 0.6) is 0 Å². The number of aromatic amines is 4. The summed E-state index contributed by atoms with van der Waals surface area (Å²) in [5.41, 5.74) is -6.77. The molecule has 0 bridgehead atoms. The lowest BCUT2D eigenvalue weighted by Gasteiger charge is -2.21. The maximum absolute atomic E-state index is 13.0.